The van der Waals surface area contributed by atoms with Crippen LogP contribution in [-0.2, 0) is 29.0 Å². The number of nitrogens with zero attached hydrogens (tertiary/aromatic N) is 2. The summed E-state index contributed by atoms with van der Waals surface area (Å²) in [5.74, 6) is -0.151. The van der Waals surface area contributed by atoms with Crippen molar-refractivity contribution < 1.29 is 18.4 Å². The van der Waals surface area contributed by atoms with Gasteiger partial charge in [-0.2, -0.15) is 0 Å². The predicted octanol–water partition coefficient (Wildman–Crippen LogP) is 9.95. The van der Waals surface area contributed by atoms with Gasteiger partial charge in [0.2, 0.25) is 5.91 Å². The Bertz CT molecular complexity index is 1720. The lowest BCUT2D eigenvalue weighted by Gasteiger charge is -2.24. The summed E-state index contributed by atoms with van der Waals surface area (Å²) >= 11 is 0. The Kier molecular flexibility index (Phi) is 11.4. The molecular formula is C40H51F2N3O2. The third-order valence-electron chi connectivity index (χ3n) is 9.70. The Morgan fingerprint density at radius 1 is 1.00 bits per heavy atom. The van der Waals surface area contributed by atoms with Crippen molar-refractivity contribution in [2.24, 2.45) is 17.3 Å². The van der Waals surface area contributed by atoms with Crippen LogP contribution in [0.25, 0.3) is 33.3 Å². The van der Waals surface area contributed by atoms with Gasteiger partial charge in [0.05, 0.1) is 17.4 Å². The van der Waals surface area contributed by atoms with Gasteiger partial charge in [0.25, 0.3) is 6.43 Å². The second kappa shape index (κ2) is 14.9. The third kappa shape index (κ3) is 7.99. The molecule has 2 aromatic heterocycles. The van der Waals surface area contributed by atoms with Gasteiger partial charge in [0, 0.05) is 40.7 Å². The molecule has 1 N–H and O–H groups in total. The number of nitrogens with one attached hydrogen (secondary N) is 1. The van der Waals surface area contributed by atoms with Crippen molar-refractivity contribution in [1.82, 2.24) is 14.9 Å². The fourth-order valence-corrected chi connectivity index (χ4v) is 6.23. The van der Waals surface area contributed by atoms with Crippen LogP contribution in [0, 0.1) is 17.3 Å². The van der Waals surface area contributed by atoms with Gasteiger partial charge in [-0.15, -0.1) is 0 Å². The van der Waals surface area contributed by atoms with Gasteiger partial charge in [0.15, 0.2) is 0 Å². The molecule has 4 rings (SSSR count). The Hall–Kier alpha value is -3.87. The van der Waals surface area contributed by atoms with Gasteiger partial charge in [-0.1, -0.05) is 80.0 Å². The van der Waals surface area contributed by atoms with Crippen LogP contribution >= 0.6 is 0 Å². The number of aldehydes is 1. The highest BCUT2D eigenvalue weighted by molar-refractivity contribution is 5.95. The number of hydrogen-bond acceptors (Lipinski definition) is 3. The average Bonchev–Trinajstić information content (AvgIpc) is 3.35. The van der Waals surface area contributed by atoms with E-state index in [1.165, 1.54) is 23.4 Å². The first kappa shape index (κ1) is 36.0. The van der Waals surface area contributed by atoms with E-state index in [9.17, 15) is 18.4 Å². The average molecular weight is 644 g/mol. The second-order valence-electron chi connectivity index (χ2n) is 14.3. The number of alkyl halides is 2. The van der Waals surface area contributed by atoms with Crippen molar-refractivity contribution in [2.45, 2.75) is 107 Å². The summed E-state index contributed by atoms with van der Waals surface area (Å²) in [6.45, 7) is 19.7. The maximum absolute atomic E-state index is 14.3. The van der Waals surface area contributed by atoms with Crippen LogP contribution in [0.3, 0.4) is 0 Å². The van der Waals surface area contributed by atoms with Crippen molar-refractivity contribution in [3.05, 3.63) is 77.1 Å². The number of fused-ring (bicyclic) bond motifs is 1. The summed E-state index contributed by atoms with van der Waals surface area (Å²) in [7, 11) is 0. The Labute approximate surface area is 279 Å². The highest BCUT2D eigenvalue weighted by atomic mass is 19.3. The van der Waals surface area contributed by atoms with Gasteiger partial charge in [-0.05, 0) is 89.6 Å². The van der Waals surface area contributed by atoms with Crippen molar-refractivity contribution in [1.29, 1.82) is 0 Å². The zero-order chi connectivity index (χ0) is 34.6. The highest BCUT2D eigenvalue weighted by Crippen LogP contribution is 2.42. The fourth-order valence-electron chi connectivity index (χ4n) is 6.23. The first-order chi connectivity index (χ1) is 22.2. The number of amides is 1. The van der Waals surface area contributed by atoms with E-state index in [2.05, 4.69) is 69.6 Å². The van der Waals surface area contributed by atoms with Crippen LogP contribution in [-0.4, -0.2) is 27.8 Å². The van der Waals surface area contributed by atoms with Crippen LogP contribution in [0.15, 0.2) is 54.7 Å². The maximum atomic E-state index is 14.3. The van der Waals surface area contributed by atoms with Crippen molar-refractivity contribution in [2.75, 3.05) is 0 Å². The molecule has 2 heterocycles. The molecule has 0 spiro atoms. The topological polar surface area (TPSA) is 64.0 Å². The molecule has 47 heavy (non-hydrogen) atoms. The molecule has 0 aliphatic heterocycles. The summed E-state index contributed by atoms with van der Waals surface area (Å²) in [4.78, 5) is 29.5. The van der Waals surface area contributed by atoms with Crippen LogP contribution < -0.4 is 5.32 Å². The first-order valence-electron chi connectivity index (χ1n) is 17.0. The van der Waals surface area contributed by atoms with Crippen molar-refractivity contribution in [3.63, 3.8) is 0 Å². The SMILES string of the molecule is CCn1c(-c2cccnc2C(C)C)c(CC(C)(C)CC)c2cc(-c3cc(CC(C=O)NC(=O)C(C)C(C)C)cc(C(F)F)c3)ccc21. The smallest absolute Gasteiger partial charge is 0.263 e. The van der Waals surface area contributed by atoms with Crippen LogP contribution in [0.4, 0.5) is 8.78 Å². The molecule has 5 nitrogen and oxygen atoms in total. The van der Waals surface area contributed by atoms with Gasteiger partial charge in [-0.25, -0.2) is 8.78 Å². The third-order valence-corrected chi connectivity index (χ3v) is 9.70. The number of pyridine rings is 1. The number of aryl methyl sites for hydroxylation is 1. The number of carbonyl (C=O) groups is 2. The lowest BCUT2D eigenvalue weighted by molar-refractivity contribution is -0.128. The quantitative estimate of drug-likeness (QED) is 0.139. The minimum atomic E-state index is -2.68. The van der Waals surface area contributed by atoms with Gasteiger partial charge in [0.1, 0.15) is 6.29 Å². The van der Waals surface area contributed by atoms with E-state index in [0.29, 0.717) is 17.4 Å². The summed E-state index contributed by atoms with van der Waals surface area (Å²) in [5, 5.41) is 3.91. The summed E-state index contributed by atoms with van der Waals surface area (Å²) < 4.78 is 30.9. The molecule has 252 valence electrons. The molecule has 2 unspecified atom stereocenters. The summed E-state index contributed by atoms with van der Waals surface area (Å²) in [5.41, 5.74) is 7.65. The van der Waals surface area contributed by atoms with E-state index >= 15 is 0 Å². The van der Waals surface area contributed by atoms with Crippen molar-refractivity contribution in [3.8, 4) is 22.4 Å². The van der Waals surface area contributed by atoms with Crippen LogP contribution in [0.1, 0.15) is 103 Å². The Morgan fingerprint density at radius 2 is 1.72 bits per heavy atom. The molecule has 0 bridgehead atoms. The first-order valence-corrected chi connectivity index (χ1v) is 17.0. The normalized spacial score (nSPS) is 13.5. The van der Waals surface area contributed by atoms with Gasteiger partial charge >= 0.3 is 0 Å². The van der Waals surface area contributed by atoms with E-state index in [1.807, 2.05) is 45.2 Å². The number of aromatic nitrogens is 2. The van der Waals surface area contributed by atoms with Gasteiger partial charge in [-0.3, -0.25) is 9.78 Å². The van der Waals surface area contributed by atoms with E-state index in [4.69, 9.17) is 4.98 Å². The largest absolute Gasteiger partial charge is 0.346 e. The molecule has 7 heteroatoms. The molecule has 2 atom stereocenters. The van der Waals surface area contributed by atoms with Crippen LogP contribution in [0.2, 0.25) is 0 Å². The van der Waals surface area contributed by atoms with Crippen molar-refractivity contribution >= 4 is 23.1 Å². The molecule has 0 aliphatic rings. The summed E-state index contributed by atoms with van der Waals surface area (Å²) in [6, 6.07) is 14.4. The zero-order valence-corrected chi connectivity index (χ0v) is 29.5. The molecule has 0 fully saturated rings. The minimum absolute atomic E-state index is 0.0297. The van der Waals surface area contributed by atoms with E-state index in [-0.39, 0.29) is 41.1 Å². The molecule has 0 aliphatic carbocycles. The molecule has 2 aromatic carbocycles. The number of carbonyl (C=O) groups excluding carboxylic acids is 2. The molecule has 0 radical (unpaired) electrons. The number of benzene rings is 2. The van der Waals surface area contributed by atoms with Gasteiger partial charge < -0.3 is 14.7 Å². The summed E-state index contributed by atoms with van der Waals surface area (Å²) in [6.07, 6.45) is 1.82. The maximum Gasteiger partial charge on any atom is 0.263 e. The predicted molar refractivity (Wildman–Crippen MR) is 189 cm³/mol. The highest BCUT2D eigenvalue weighted by Gasteiger charge is 2.27. The molecular weight excluding hydrogens is 592 g/mol. The molecule has 0 saturated carbocycles. The number of halogens is 2. The molecule has 1 amide bonds. The number of hydrogen-bond donors (Lipinski definition) is 1. The standard InChI is InChI=1S/C40H51F2N3O2/c1-10-40(8,9)22-34-33-21-28(14-15-35(33)45(11-2)37(34)32-13-12-16-43-36(32)25(5)6)29-17-27(18-30(20-29)38(41)42)19-31(23-46)44-39(47)26(7)24(3)4/h12-18,20-21,23-26,31,38H,10-11,19,22H2,1-9H3,(H,44,47). The molecule has 4 aromatic rings. The van der Waals surface area contributed by atoms with E-state index in [1.54, 1.807) is 0 Å². The monoisotopic (exact) mass is 643 g/mol. The Morgan fingerprint density at radius 3 is 2.32 bits per heavy atom. The minimum Gasteiger partial charge on any atom is -0.346 e. The lowest BCUT2D eigenvalue weighted by Crippen LogP contribution is -2.41. The fraction of sp³-hybridized carbons (Fsp3) is 0.475. The van der Waals surface area contributed by atoms with E-state index in [0.717, 1.165) is 47.1 Å². The number of rotatable bonds is 14. The molecule has 0 saturated heterocycles. The van der Waals surface area contributed by atoms with Crippen LogP contribution in [0.5, 0.6) is 0 Å². The van der Waals surface area contributed by atoms with E-state index < -0.39 is 12.5 Å². The lowest BCUT2D eigenvalue weighted by atomic mass is 9.81. The zero-order valence-electron chi connectivity index (χ0n) is 29.5. The Balaban J connectivity index is 1.90. The second-order valence-corrected chi connectivity index (χ2v) is 14.3.